The summed E-state index contributed by atoms with van der Waals surface area (Å²) in [5.41, 5.74) is 2.03. The van der Waals surface area contributed by atoms with Crippen LogP contribution in [0.15, 0.2) is 65.8 Å². The molecule has 2 aromatic carbocycles. The highest BCUT2D eigenvalue weighted by Gasteiger charge is 2.28. The van der Waals surface area contributed by atoms with Gasteiger partial charge in [-0.15, -0.1) is 0 Å². The Morgan fingerprint density at radius 2 is 2.03 bits per heavy atom. The first kappa shape index (κ1) is 20.1. The van der Waals surface area contributed by atoms with Gasteiger partial charge in [0, 0.05) is 18.5 Å². The fourth-order valence-electron chi connectivity index (χ4n) is 3.23. The van der Waals surface area contributed by atoms with E-state index in [9.17, 15) is 23.3 Å². The summed E-state index contributed by atoms with van der Waals surface area (Å²) < 4.78 is 31.3. The van der Waals surface area contributed by atoms with Crippen molar-refractivity contribution in [2.45, 2.75) is 17.3 Å². The van der Waals surface area contributed by atoms with Crippen molar-refractivity contribution in [3.63, 3.8) is 0 Å². The van der Waals surface area contributed by atoms with Gasteiger partial charge in [0.05, 0.1) is 28.5 Å². The fourth-order valence-corrected chi connectivity index (χ4v) is 4.72. The molecule has 0 bridgehead atoms. The zero-order valence-corrected chi connectivity index (χ0v) is 16.5. The number of pyridine rings is 1. The van der Waals surface area contributed by atoms with Crippen LogP contribution in [-0.4, -0.2) is 36.6 Å². The number of carbonyl (C=O) groups excluding carboxylic acids is 1. The smallest absolute Gasteiger partial charge is 0.491 e. The highest BCUT2D eigenvalue weighted by Crippen LogP contribution is 2.29. The molecule has 1 aromatic heterocycles. The maximum absolute atomic E-state index is 13.1. The second kappa shape index (κ2) is 7.90. The number of aromatic hydroxyl groups is 1. The third-order valence-electron chi connectivity index (χ3n) is 4.70. The molecular formula is C20H17BN2O6S. The number of nitrogens with one attached hydrogen (secondary N) is 1. The molecule has 3 aromatic rings. The number of aromatic nitrogens is 1. The first-order chi connectivity index (χ1) is 14.3. The quantitative estimate of drug-likeness (QED) is 0.526. The van der Waals surface area contributed by atoms with Crippen LogP contribution in [0.25, 0.3) is 0 Å². The van der Waals surface area contributed by atoms with Crippen molar-refractivity contribution in [1.82, 2.24) is 4.98 Å². The number of hydrogen-bond donors (Lipinski definition) is 3. The number of amides is 1. The van der Waals surface area contributed by atoms with Crippen LogP contribution < -0.4 is 10.8 Å². The summed E-state index contributed by atoms with van der Waals surface area (Å²) in [5, 5.41) is 22.2. The first-order valence-corrected chi connectivity index (χ1v) is 10.7. The minimum atomic E-state index is -3.89. The maximum Gasteiger partial charge on any atom is 0.491 e. The van der Waals surface area contributed by atoms with E-state index in [1.807, 2.05) is 0 Å². The van der Waals surface area contributed by atoms with Gasteiger partial charge in [0.2, 0.25) is 0 Å². The number of benzene rings is 2. The van der Waals surface area contributed by atoms with Gasteiger partial charge in [-0.2, -0.15) is 0 Å². The second-order valence-corrected chi connectivity index (χ2v) is 8.79. The van der Waals surface area contributed by atoms with E-state index < -0.39 is 22.9 Å². The van der Waals surface area contributed by atoms with E-state index in [-0.39, 0.29) is 34.3 Å². The molecule has 0 atom stereocenters. The van der Waals surface area contributed by atoms with Crippen molar-refractivity contribution >= 4 is 34.0 Å². The maximum atomic E-state index is 13.1. The number of phenols is 1. The molecule has 0 radical (unpaired) electrons. The first-order valence-electron chi connectivity index (χ1n) is 9.02. The molecule has 3 N–H and O–H groups in total. The lowest BCUT2D eigenvalue weighted by atomic mass is 9.79. The molecule has 152 valence electrons. The second-order valence-electron chi connectivity index (χ2n) is 6.83. The molecule has 0 unspecified atom stereocenters. The molecule has 8 nitrogen and oxygen atoms in total. The van der Waals surface area contributed by atoms with Crippen LogP contribution in [0.4, 0.5) is 5.69 Å². The number of anilines is 1. The zero-order chi connectivity index (χ0) is 21.3. The Labute approximate surface area is 173 Å². The summed E-state index contributed by atoms with van der Waals surface area (Å²) in [6.45, 7) is 0.270. The molecule has 10 heteroatoms. The van der Waals surface area contributed by atoms with Gasteiger partial charge in [0.15, 0.2) is 9.84 Å². The van der Waals surface area contributed by atoms with Crippen molar-refractivity contribution in [1.29, 1.82) is 0 Å². The van der Waals surface area contributed by atoms with Gasteiger partial charge in [-0.25, -0.2) is 8.42 Å². The molecule has 0 aliphatic carbocycles. The molecular weight excluding hydrogens is 407 g/mol. The van der Waals surface area contributed by atoms with E-state index in [0.29, 0.717) is 11.0 Å². The number of fused-ring (bicyclic) bond motifs is 1. The van der Waals surface area contributed by atoms with Gasteiger partial charge in [-0.1, -0.05) is 18.2 Å². The summed E-state index contributed by atoms with van der Waals surface area (Å²) in [7, 11) is -4.97. The molecule has 2 heterocycles. The average Bonchev–Trinajstić information content (AvgIpc) is 3.08. The molecule has 0 saturated heterocycles. The SMILES string of the molecule is O=C(Nc1cc(O)ccc1S(=O)(=O)Cc1ccc2c(c1)B(O)OC2)c1cccnc1. The van der Waals surface area contributed by atoms with Crippen molar-refractivity contribution in [3.8, 4) is 5.75 Å². The monoisotopic (exact) mass is 424 g/mol. The van der Waals surface area contributed by atoms with E-state index in [2.05, 4.69) is 10.3 Å². The average molecular weight is 424 g/mol. The van der Waals surface area contributed by atoms with E-state index in [1.54, 1.807) is 24.3 Å². The molecule has 0 spiro atoms. The van der Waals surface area contributed by atoms with Crippen molar-refractivity contribution in [2.75, 3.05) is 5.32 Å². The Bertz CT molecular complexity index is 1220. The highest BCUT2D eigenvalue weighted by atomic mass is 32.2. The van der Waals surface area contributed by atoms with E-state index in [1.165, 1.54) is 36.7 Å². The molecule has 30 heavy (non-hydrogen) atoms. The Morgan fingerprint density at radius 1 is 1.20 bits per heavy atom. The van der Waals surface area contributed by atoms with Gasteiger partial charge in [-0.3, -0.25) is 9.78 Å². The van der Waals surface area contributed by atoms with Crippen LogP contribution in [-0.2, 0) is 26.9 Å². The molecule has 1 aliphatic rings. The summed E-state index contributed by atoms with van der Waals surface area (Å²) >= 11 is 0. The Kier molecular flexibility index (Phi) is 5.29. The van der Waals surface area contributed by atoms with E-state index in [4.69, 9.17) is 4.65 Å². The molecule has 1 aliphatic heterocycles. The van der Waals surface area contributed by atoms with Crippen LogP contribution in [0.3, 0.4) is 0 Å². The standard InChI is InChI=1S/C20H17BN2O6S/c24-16-5-6-19(18(9-16)23-20(25)14-2-1-7-22-10-14)30(27,28)12-13-3-4-15-11-29-21(26)17(15)8-13/h1-10,24,26H,11-12H2,(H,23,25). The summed E-state index contributed by atoms with van der Waals surface area (Å²) in [5.74, 6) is -1.09. The van der Waals surface area contributed by atoms with Gasteiger partial charge >= 0.3 is 7.12 Å². The topological polar surface area (TPSA) is 126 Å². The number of nitrogens with zero attached hydrogens (tertiary/aromatic N) is 1. The third-order valence-corrected chi connectivity index (χ3v) is 6.44. The van der Waals surface area contributed by atoms with Crippen LogP contribution >= 0.6 is 0 Å². The third kappa shape index (κ3) is 4.06. The zero-order valence-electron chi connectivity index (χ0n) is 15.6. The predicted octanol–water partition coefficient (Wildman–Crippen LogP) is 1.23. The Morgan fingerprint density at radius 3 is 2.80 bits per heavy atom. The summed E-state index contributed by atoms with van der Waals surface area (Å²) in [6, 6.07) is 11.8. The minimum Gasteiger partial charge on any atom is -0.508 e. The fraction of sp³-hybridized carbons (Fsp3) is 0.100. The number of hydrogen-bond acceptors (Lipinski definition) is 7. The van der Waals surface area contributed by atoms with Crippen molar-refractivity contribution < 1.29 is 28.0 Å². The van der Waals surface area contributed by atoms with Crippen LogP contribution in [0.2, 0.25) is 0 Å². The van der Waals surface area contributed by atoms with Crippen molar-refractivity contribution in [2.24, 2.45) is 0 Å². The number of rotatable bonds is 5. The van der Waals surface area contributed by atoms with E-state index in [0.717, 1.165) is 5.56 Å². The predicted molar refractivity (Wildman–Crippen MR) is 110 cm³/mol. The molecule has 0 fully saturated rings. The van der Waals surface area contributed by atoms with E-state index >= 15 is 0 Å². The lowest BCUT2D eigenvalue weighted by Crippen LogP contribution is -2.28. The van der Waals surface area contributed by atoms with Gasteiger partial charge in [-0.05, 0) is 40.9 Å². The van der Waals surface area contributed by atoms with Gasteiger partial charge in [0.25, 0.3) is 5.91 Å². The minimum absolute atomic E-state index is 0.0339. The van der Waals surface area contributed by atoms with Crippen LogP contribution in [0.1, 0.15) is 21.5 Å². The lowest BCUT2D eigenvalue weighted by Gasteiger charge is -2.13. The number of sulfone groups is 1. The number of carbonyl (C=O) groups is 1. The molecule has 1 amide bonds. The lowest BCUT2D eigenvalue weighted by molar-refractivity contribution is 0.102. The van der Waals surface area contributed by atoms with Gasteiger partial charge in [0.1, 0.15) is 5.75 Å². The van der Waals surface area contributed by atoms with Gasteiger partial charge < -0.3 is 20.1 Å². The number of phenolic OH excluding ortho intramolecular Hbond substituents is 1. The molecule has 4 rings (SSSR count). The molecule has 0 saturated carbocycles. The highest BCUT2D eigenvalue weighted by molar-refractivity contribution is 7.90. The Balaban J connectivity index is 1.64. The van der Waals surface area contributed by atoms with Crippen molar-refractivity contribution in [3.05, 3.63) is 77.6 Å². The summed E-state index contributed by atoms with van der Waals surface area (Å²) in [4.78, 5) is 16.2. The van der Waals surface area contributed by atoms with Crippen LogP contribution in [0.5, 0.6) is 5.75 Å². The largest absolute Gasteiger partial charge is 0.508 e. The van der Waals surface area contributed by atoms with Crippen LogP contribution in [0, 0.1) is 0 Å². The summed E-state index contributed by atoms with van der Waals surface area (Å²) in [6.07, 6.45) is 2.86. The Hall–Kier alpha value is -3.21. The normalized spacial score (nSPS) is 13.2.